The number of aliphatic hydroxyl groups is 1. The van der Waals surface area contributed by atoms with Crippen molar-refractivity contribution in [3.8, 4) is 0 Å². The number of nitrogens with one attached hydrogen (secondary N) is 3. The Labute approximate surface area is 313 Å². The van der Waals surface area contributed by atoms with Crippen LogP contribution >= 0.6 is 0 Å². The molecule has 4 N–H and O–H groups in total. The van der Waals surface area contributed by atoms with Crippen molar-refractivity contribution in [1.29, 1.82) is 0 Å². The molecule has 1 heterocycles. The number of carbonyl (C=O) groups excluding carboxylic acids is 4. The van der Waals surface area contributed by atoms with Gasteiger partial charge in [0.05, 0.1) is 49.4 Å². The summed E-state index contributed by atoms with van der Waals surface area (Å²) in [5.74, 6) is -1.29. The molecular formula is C40H69N5O7. The zero-order chi connectivity index (χ0) is 39.3. The largest absolute Gasteiger partial charge is 0.387 e. The maximum absolute atomic E-state index is 14.1. The number of benzene rings is 1. The molecule has 1 saturated heterocycles. The summed E-state index contributed by atoms with van der Waals surface area (Å²) in [6.07, 6.45) is 0.374. The smallest absolute Gasteiger partial charge is 0.245 e. The molecule has 1 aromatic carbocycles. The molecule has 0 spiro atoms. The van der Waals surface area contributed by atoms with Gasteiger partial charge in [-0.1, -0.05) is 85.2 Å². The van der Waals surface area contributed by atoms with Gasteiger partial charge in [0.2, 0.25) is 17.7 Å². The van der Waals surface area contributed by atoms with Crippen molar-refractivity contribution in [2.24, 2.45) is 23.7 Å². The summed E-state index contributed by atoms with van der Waals surface area (Å²) in [6, 6.07) is 7.04. The lowest BCUT2D eigenvalue weighted by Gasteiger charge is -2.41. The molecule has 0 unspecified atom stereocenters. The predicted octanol–water partition coefficient (Wildman–Crippen LogP) is 3.57. The Balaban J connectivity index is 2.20. The van der Waals surface area contributed by atoms with Crippen molar-refractivity contribution in [2.75, 3.05) is 41.4 Å². The van der Waals surface area contributed by atoms with Gasteiger partial charge in [0.25, 0.3) is 0 Å². The molecule has 2 rings (SSSR count). The van der Waals surface area contributed by atoms with E-state index in [1.165, 1.54) is 0 Å². The molecule has 1 fully saturated rings. The molecule has 10 atom stereocenters. The Morgan fingerprint density at radius 3 is 2.10 bits per heavy atom. The molecule has 0 radical (unpaired) electrons. The number of likely N-dealkylation sites (tertiary alicyclic amines) is 1. The number of rotatable bonds is 22. The van der Waals surface area contributed by atoms with Gasteiger partial charge < -0.3 is 40.3 Å². The summed E-state index contributed by atoms with van der Waals surface area (Å²) in [5, 5.41) is 20.0. The first-order valence-electron chi connectivity index (χ1n) is 19.1. The summed E-state index contributed by atoms with van der Waals surface area (Å²) < 4.78 is 11.9. The highest BCUT2D eigenvalue weighted by atomic mass is 16.5. The highest BCUT2D eigenvalue weighted by molar-refractivity contribution is 5.90. The SMILES string of the molecule is CC[C@H](C)[C@@H]([C@@H](CC(=O)N1CCC[C@H]1[C@H](OC)[C@@H](C)C(=O)CN[C@H](C)[C@@H](O)c1ccccc1)OC)N(C)C(=O)[C@@H](NC(=O)[C@@H](NC)C(C)C)C(C)C. The van der Waals surface area contributed by atoms with Crippen molar-refractivity contribution in [3.05, 3.63) is 35.9 Å². The lowest BCUT2D eigenvalue weighted by Crippen LogP contribution is -2.59. The first-order chi connectivity index (χ1) is 24.5. The standard InChI is InChI=1S/C40H69N5O7/c1-13-26(6)36(44(10)40(50)35(25(4)5)43-39(49)34(41-9)24(2)3)32(51-11)22-33(47)45-21-17-20-30(45)38(52-12)27(7)31(46)23-42-28(8)37(48)29-18-15-14-16-19-29/h14-16,18-19,24-28,30,32,34-38,41-42,48H,13,17,20-23H2,1-12H3,(H,43,49)/t26-,27-,28+,30-,32+,34-,35-,36-,37+,38+/m0/s1. The number of ketones is 1. The number of likely N-dealkylation sites (N-methyl/N-ethyl adjacent to an activating group) is 2. The summed E-state index contributed by atoms with van der Waals surface area (Å²) in [4.78, 5) is 58.4. The van der Waals surface area contributed by atoms with Gasteiger partial charge in [0.1, 0.15) is 6.04 Å². The molecule has 0 aliphatic carbocycles. The lowest BCUT2D eigenvalue weighted by molar-refractivity contribution is -0.147. The molecule has 1 aliphatic rings. The van der Waals surface area contributed by atoms with Crippen LogP contribution in [0.15, 0.2) is 30.3 Å². The van der Waals surface area contributed by atoms with E-state index in [4.69, 9.17) is 9.47 Å². The van der Waals surface area contributed by atoms with Gasteiger partial charge in [-0.15, -0.1) is 0 Å². The lowest BCUT2D eigenvalue weighted by atomic mass is 9.89. The first-order valence-corrected chi connectivity index (χ1v) is 19.1. The maximum atomic E-state index is 14.1. The molecule has 0 saturated carbocycles. The third-order valence-electron chi connectivity index (χ3n) is 11.1. The molecule has 12 heteroatoms. The van der Waals surface area contributed by atoms with E-state index in [0.29, 0.717) is 13.0 Å². The maximum Gasteiger partial charge on any atom is 0.245 e. The minimum atomic E-state index is -0.765. The number of hydrogen-bond donors (Lipinski definition) is 4. The van der Waals surface area contributed by atoms with Crippen LogP contribution in [-0.2, 0) is 28.7 Å². The number of Topliss-reactive ketones (excluding diaryl/α,β-unsaturated/α-hetero) is 1. The quantitative estimate of drug-likeness (QED) is 0.141. The van der Waals surface area contributed by atoms with E-state index in [9.17, 15) is 24.3 Å². The predicted molar refractivity (Wildman–Crippen MR) is 204 cm³/mol. The van der Waals surface area contributed by atoms with Crippen molar-refractivity contribution in [2.45, 2.75) is 130 Å². The van der Waals surface area contributed by atoms with Crippen molar-refractivity contribution in [3.63, 3.8) is 0 Å². The monoisotopic (exact) mass is 732 g/mol. The van der Waals surface area contributed by atoms with Crippen molar-refractivity contribution >= 4 is 23.5 Å². The zero-order valence-corrected chi connectivity index (χ0v) is 33.8. The van der Waals surface area contributed by atoms with Gasteiger partial charge in [-0.2, -0.15) is 0 Å². The van der Waals surface area contributed by atoms with Gasteiger partial charge in [0, 0.05) is 39.8 Å². The van der Waals surface area contributed by atoms with Crippen molar-refractivity contribution < 1.29 is 33.8 Å². The van der Waals surface area contributed by atoms with Gasteiger partial charge in [-0.3, -0.25) is 19.2 Å². The Bertz CT molecular complexity index is 1260. The molecule has 1 aromatic rings. The Morgan fingerprint density at radius 2 is 1.58 bits per heavy atom. The van der Waals surface area contributed by atoms with E-state index in [-0.39, 0.29) is 66.3 Å². The fraction of sp³-hybridized carbons (Fsp3) is 0.750. The van der Waals surface area contributed by atoms with E-state index in [1.54, 1.807) is 33.2 Å². The topological polar surface area (TPSA) is 150 Å². The van der Waals surface area contributed by atoms with E-state index >= 15 is 0 Å². The highest BCUT2D eigenvalue weighted by Crippen LogP contribution is 2.30. The Kier molecular flexibility index (Phi) is 18.9. The second-order valence-electron chi connectivity index (χ2n) is 15.3. The number of hydrogen-bond acceptors (Lipinski definition) is 9. The summed E-state index contributed by atoms with van der Waals surface area (Å²) in [5.41, 5.74) is 0.772. The van der Waals surface area contributed by atoms with E-state index in [0.717, 1.165) is 18.4 Å². The van der Waals surface area contributed by atoms with Gasteiger partial charge in [-0.05, 0) is 50.1 Å². The number of carbonyl (C=O) groups is 4. The van der Waals surface area contributed by atoms with E-state index in [2.05, 4.69) is 16.0 Å². The molecule has 0 aromatic heterocycles. The van der Waals surface area contributed by atoms with Crippen LogP contribution in [0, 0.1) is 23.7 Å². The van der Waals surface area contributed by atoms with Crippen LogP contribution in [0.3, 0.4) is 0 Å². The Morgan fingerprint density at radius 1 is 0.962 bits per heavy atom. The Hall–Kier alpha value is -2.90. The summed E-state index contributed by atoms with van der Waals surface area (Å²) in [7, 11) is 6.61. The number of ether oxygens (including phenoxy) is 2. The van der Waals surface area contributed by atoms with E-state index in [1.807, 2.05) is 90.6 Å². The molecule has 296 valence electrons. The normalized spacial score (nSPS) is 20.1. The van der Waals surface area contributed by atoms with Gasteiger partial charge in [-0.25, -0.2) is 0 Å². The fourth-order valence-electron chi connectivity index (χ4n) is 7.56. The zero-order valence-electron chi connectivity index (χ0n) is 33.8. The average molecular weight is 732 g/mol. The number of nitrogens with zero attached hydrogens (tertiary/aromatic N) is 2. The molecule has 52 heavy (non-hydrogen) atoms. The molecule has 12 nitrogen and oxygen atoms in total. The highest BCUT2D eigenvalue weighted by Gasteiger charge is 2.43. The molecule has 0 bridgehead atoms. The average Bonchev–Trinajstić information content (AvgIpc) is 3.61. The second-order valence-corrected chi connectivity index (χ2v) is 15.3. The van der Waals surface area contributed by atoms with Gasteiger partial charge >= 0.3 is 0 Å². The van der Waals surface area contributed by atoms with Crippen LogP contribution < -0.4 is 16.0 Å². The van der Waals surface area contributed by atoms with E-state index < -0.39 is 42.4 Å². The molecule has 3 amide bonds. The summed E-state index contributed by atoms with van der Waals surface area (Å²) in [6.45, 7) is 16.1. The van der Waals surface area contributed by atoms with Crippen LogP contribution in [0.1, 0.15) is 92.7 Å². The van der Waals surface area contributed by atoms with Crippen LogP contribution in [0.4, 0.5) is 0 Å². The molecule has 1 aliphatic heterocycles. The number of methoxy groups -OCH3 is 2. The minimum absolute atomic E-state index is 0.00928. The van der Waals surface area contributed by atoms with Crippen LogP contribution in [0.25, 0.3) is 0 Å². The van der Waals surface area contributed by atoms with Gasteiger partial charge in [0.15, 0.2) is 5.78 Å². The fourth-order valence-corrected chi connectivity index (χ4v) is 7.56. The van der Waals surface area contributed by atoms with Crippen molar-refractivity contribution in [1.82, 2.24) is 25.8 Å². The van der Waals surface area contributed by atoms with Crippen LogP contribution in [0.5, 0.6) is 0 Å². The second kappa shape index (κ2) is 21.7. The minimum Gasteiger partial charge on any atom is -0.387 e. The number of amides is 3. The summed E-state index contributed by atoms with van der Waals surface area (Å²) >= 11 is 0. The van der Waals surface area contributed by atoms with Crippen LogP contribution in [0.2, 0.25) is 0 Å². The first kappa shape index (κ1) is 45.3. The third kappa shape index (κ3) is 11.8. The molecular weight excluding hydrogens is 662 g/mol. The number of aliphatic hydroxyl groups excluding tert-OH is 1. The van der Waals surface area contributed by atoms with Crippen LogP contribution in [-0.4, -0.2) is 122 Å². The third-order valence-corrected chi connectivity index (χ3v) is 11.1.